The Morgan fingerprint density at radius 3 is 2.30 bits per heavy atom. The maximum absolute atomic E-state index is 13.1. The molecule has 1 unspecified atom stereocenters. The van der Waals surface area contributed by atoms with Gasteiger partial charge in [0.15, 0.2) is 0 Å². The predicted octanol–water partition coefficient (Wildman–Crippen LogP) is 6.93. The largest absolute Gasteiger partial charge is 0.494 e. The van der Waals surface area contributed by atoms with Gasteiger partial charge in [0.2, 0.25) is 0 Å². The van der Waals surface area contributed by atoms with Crippen LogP contribution < -0.4 is 9.47 Å². The van der Waals surface area contributed by atoms with Gasteiger partial charge >= 0.3 is 0 Å². The number of terminal acetylenes is 1. The van der Waals surface area contributed by atoms with Crippen LogP contribution in [0.15, 0.2) is 72.8 Å². The minimum absolute atomic E-state index is 0.278. The van der Waals surface area contributed by atoms with Gasteiger partial charge in [-0.2, -0.15) is 0 Å². The van der Waals surface area contributed by atoms with Crippen molar-refractivity contribution in [3.8, 4) is 29.6 Å². The standard InChI is InChI=1S/C27H27FO2/c1-4-27(3,22-11-15-24(16-12-22)29-5-2)19-7-9-21-8-6-10-26(20-21)30-25-17-13-23(28)14-18-25/h1,6,8,10-18,20H,5,7,9,19H2,2-3H3. The van der Waals surface area contributed by atoms with Gasteiger partial charge < -0.3 is 9.47 Å². The molecule has 0 fully saturated rings. The molecule has 0 bridgehead atoms. The Morgan fingerprint density at radius 1 is 0.933 bits per heavy atom. The van der Waals surface area contributed by atoms with Crippen LogP contribution in [0, 0.1) is 18.2 Å². The van der Waals surface area contributed by atoms with E-state index in [4.69, 9.17) is 15.9 Å². The zero-order valence-corrected chi connectivity index (χ0v) is 17.5. The lowest BCUT2D eigenvalue weighted by Crippen LogP contribution is -2.19. The summed E-state index contributed by atoms with van der Waals surface area (Å²) < 4.78 is 24.4. The second-order valence-corrected chi connectivity index (χ2v) is 7.49. The summed E-state index contributed by atoms with van der Waals surface area (Å²) in [5.74, 6) is 4.92. The molecular formula is C27H27FO2. The number of benzene rings is 3. The van der Waals surface area contributed by atoms with Crippen LogP contribution in [0.4, 0.5) is 4.39 Å². The number of rotatable bonds is 9. The second-order valence-electron chi connectivity index (χ2n) is 7.49. The lowest BCUT2D eigenvalue weighted by molar-refractivity contribution is 0.340. The average molecular weight is 403 g/mol. The Hall–Kier alpha value is -3.25. The molecule has 0 heterocycles. The Labute approximate surface area is 178 Å². The van der Waals surface area contributed by atoms with Gasteiger partial charge in [-0.05, 0) is 92.8 Å². The van der Waals surface area contributed by atoms with Gasteiger partial charge in [-0.25, -0.2) is 4.39 Å². The Kier molecular flexibility index (Phi) is 7.14. The van der Waals surface area contributed by atoms with Crippen molar-refractivity contribution < 1.29 is 13.9 Å². The first kappa shape index (κ1) is 21.5. The van der Waals surface area contributed by atoms with Crippen LogP contribution in [0.5, 0.6) is 17.2 Å². The molecule has 3 aromatic rings. The highest BCUT2D eigenvalue weighted by Gasteiger charge is 2.23. The van der Waals surface area contributed by atoms with Gasteiger partial charge in [0.25, 0.3) is 0 Å². The van der Waals surface area contributed by atoms with E-state index in [0.29, 0.717) is 12.4 Å². The van der Waals surface area contributed by atoms with Crippen LogP contribution in [0.25, 0.3) is 0 Å². The van der Waals surface area contributed by atoms with Crippen LogP contribution in [0.2, 0.25) is 0 Å². The summed E-state index contributed by atoms with van der Waals surface area (Å²) in [5, 5.41) is 0. The van der Waals surface area contributed by atoms with Gasteiger partial charge in [-0.1, -0.05) is 30.2 Å². The van der Waals surface area contributed by atoms with Crippen molar-refractivity contribution in [1.82, 2.24) is 0 Å². The molecule has 1 atom stereocenters. The summed E-state index contributed by atoms with van der Waals surface area (Å²) in [6.45, 7) is 4.73. The van der Waals surface area contributed by atoms with Crippen LogP contribution in [0.3, 0.4) is 0 Å². The summed E-state index contributed by atoms with van der Waals surface area (Å²) in [7, 11) is 0. The SMILES string of the molecule is C#CC(C)(CCCc1cccc(Oc2ccc(F)cc2)c1)c1ccc(OCC)cc1. The van der Waals surface area contributed by atoms with Gasteiger partial charge in [-0.15, -0.1) is 6.42 Å². The molecule has 0 amide bonds. The van der Waals surface area contributed by atoms with Crippen LogP contribution >= 0.6 is 0 Å². The van der Waals surface area contributed by atoms with Crippen LogP contribution in [-0.4, -0.2) is 6.61 Å². The molecule has 0 aromatic heterocycles. The van der Waals surface area contributed by atoms with Crippen molar-refractivity contribution >= 4 is 0 Å². The lowest BCUT2D eigenvalue weighted by atomic mass is 9.78. The molecule has 0 saturated heterocycles. The number of hydrogen-bond donors (Lipinski definition) is 0. The minimum Gasteiger partial charge on any atom is -0.494 e. The van der Waals surface area contributed by atoms with Crippen LogP contribution in [-0.2, 0) is 11.8 Å². The highest BCUT2D eigenvalue weighted by Crippen LogP contribution is 2.31. The maximum Gasteiger partial charge on any atom is 0.127 e. The Balaban J connectivity index is 1.60. The monoisotopic (exact) mass is 402 g/mol. The third-order valence-electron chi connectivity index (χ3n) is 5.21. The molecule has 0 aliphatic carbocycles. The summed E-state index contributed by atoms with van der Waals surface area (Å²) in [6, 6.07) is 22.1. The van der Waals surface area contributed by atoms with Gasteiger partial charge in [0, 0.05) is 0 Å². The highest BCUT2D eigenvalue weighted by molar-refractivity contribution is 5.38. The molecule has 0 spiro atoms. The predicted molar refractivity (Wildman–Crippen MR) is 120 cm³/mol. The van der Waals surface area contributed by atoms with Gasteiger partial charge in [0.1, 0.15) is 23.1 Å². The van der Waals surface area contributed by atoms with Crippen LogP contribution in [0.1, 0.15) is 37.8 Å². The number of aryl methyl sites for hydroxylation is 1. The first-order valence-corrected chi connectivity index (χ1v) is 10.3. The summed E-state index contributed by atoms with van der Waals surface area (Å²) in [4.78, 5) is 0. The molecule has 0 saturated carbocycles. The van der Waals surface area contributed by atoms with E-state index in [9.17, 15) is 4.39 Å². The third kappa shape index (κ3) is 5.64. The third-order valence-corrected chi connectivity index (χ3v) is 5.21. The lowest BCUT2D eigenvalue weighted by Gasteiger charge is -2.24. The van der Waals surface area contributed by atoms with E-state index in [1.54, 1.807) is 12.1 Å². The molecule has 3 heteroatoms. The molecule has 0 aliphatic heterocycles. The van der Waals surface area contributed by atoms with E-state index in [1.807, 2.05) is 37.3 Å². The summed E-state index contributed by atoms with van der Waals surface area (Å²) in [6.07, 6.45) is 8.63. The molecule has 3 rings (SSSR count). The Morgan fingerprint density at radius 2 is 1.63 bits per heavy atom. The van der Waals surface area contributed by atoms with Crippen molar-refractivity contribution in [2.75, 3.05) is 6.61 Å². The first-order chi connectivity index (χ1) is 14.5. The van der Waals surface area contributed by atoms with Gasteiger partial charge in [-0.3, -0.25) is 0 Å². The maximum atomic E-state index is 13.1. The van der Waals surface area contributed by atoms with E-state index >= 15 is 0 Å². The van der Waals surface area contributed by atoms with Crippen molar-refractivity contribution in [2.24, 2.45) is 0 Å². The fraction of sp³-hybridized carbons (Fsp3) is 0.259. The van der Waals surface area contributed by atoms with Crippen molar-refractivity contribution in [3.63, 3.8) is 0 Å². The van der Waals surface area contributed by atoms with E-state index in [0.717, 1.165) is 36.3 Å². The quantitative estimate of drug-likeness (QED) is 0.361. The molecule has 2 nitrogen and oxygen atoms in total. The first-order valence-electron chi connectivity index (χ1n) is 10.3. The molecule has 3 aromatic carbocycles. The summed E-state index contributed by atoms with van der Waals surface area (Å²) in [5.41, 5.74) is 1.98. The molecule has 0 aliphatic rings. The average Bonchev–Trinajstić information content (AvgIpc) is 2.76. The minimum atomic E-state index is -0.326. The molecule has 0 N–H and O–H groups in total. The topological polar surface area (TPSA) is 18.5 Å². The Bertz CT molecular complexity index is 987. The van der Waals surface area contributed by atoms with Gasteiger partial charge in [0.05, 0.1) is 12.0 Å². The molecule has 30 heavy (non-hydrogen) atoms. The second kappa shape index (κ2) is 9.98. The highest BCUT2D eigenvalue weighted by atomic mass is 19.1. The zero-order valence-electron chi connectivity index (χ0n) is 17.5. The molecule has 0 radical (unpaired) electrons. The van der Waals surface area contributed by atoms with E-state index in [1.165, 1.54) is 17.7 Å². The summed E-state index contributed by atoms with van der Waals surface area (Å²) >= 11 is 0. The number of hydrogen-bond acceptors (Lipinski definition) is 2. The smallest absolute Gasteiger partial charge is 0.127 e. The molecule has 154 valence electrons. The molecular weight excluding hydrogens is 375 g/mol. The van der Waals surface area contributed by atoms with E-state index in [2.05, 4.69) is 31.0 Å². The van der Waals surface area contributed by atoms with Crippen molar-refractivity contribution in [1.29, 1.82) is 0 Å². The fourth-order valence-electron chi connectivity index (χ4n) is 3.43. The number of ether oxygens (including phenoxy) is 2. The number of halogens is 1. The normalized spacial score (nSPS) is 12.6. The van der Waals surface area contributed by atoms with Crippen molar-refractivity contribution in [3.05, 3.63) is 89.7 Å². The van der Waals surface area contributed by atoms with E-state index < -0.39 is 0 Å². The fourth-order valence-corrected chi connectivity index (χ4v) is 3.43. The van der Waals surface area contributed by atoms with E-state index in [-0.39, 0.29) is 11.2 Å². The zero-order chi connectivity index (χ0) is 21.4. The van der Waals surface area contributed by atoms with Crippen molar-refractivity contribution in [2.45, 2.75) is 38.5 Å².